The van der Waals surface area contributed by atoms with Crippen LogP contribution in [-0.2, 0) is 6.42 Å². The molecule has 0 saturated carbocycles. The Labute approximate surface area is 118 Å². The van der Waals surface area contributed by atoms with Crippen LogP contribution in [0.15, 0.2) is 30.8 Å². The molecule has 0 aliphatic heterocycles. The molecule has 0 spiro atoms. The zero-order valence-corrected chi connectivity index (χ0v) is 12.9. The quantitative estimate of drug-likeness (QED) is 0.757. The predicted octanol–water partition coefficient (Wildman–Crippen LogP) is 4.66. The van der Waals surface area contributed by atoms with Crippen molar-refractivity contribution >= 4 is 6.08 Å². The Kier molecular flexibility index (Phi) is 5.81. The maximum atomic E-state index is 6.68. The molecule has 0 bridgehead atoms. The first-order valence-corrected chi connectivity index (χ1v) is 7.35. The second-order valence-corrected chi connectivity index (χ2v) is 6.68. The number of benzene rings is 1. The van der Waals surface area contributed by atoms with Gasteiger partial charge in [0.25, 0.3) is 0 Å². The highest BCUT2D eigenvalue weighted by Gasteiger charge is 2.27. The van der Waals surface area contributed by atoms with Crippen molar-refractivity contribution in [3.8, 4) is 0 Å². The van der Waals surface area contributed by atoms with Gasteiger partial charge in [-0.05, 0) is 42.2 Å². The van der Waals surface area contributed by atoms with Crippen molar-refractivity contribution < 1.29 is 0 Å². The fourth-order valence-electron chi connectivity index (χ4n) is 3.03. The average Bonchev–Trinajstić information content (AvgIpc) is 2.27. The second-order valence-electron chi connectivity index (χ2n) is 6.68. The largest absolute Gasteiger partial charge is 0.325 e. The van der Waals surface area contributed by atoms with Crippen LogP contribution in [0.25, 0.3) is 6.08 Å². The van der Waals surface area contributed by atoms with E-state index in [0.717, 1.165) is 19.3 Å². The number of hydrogen-bond donors (Lipinski definition) is 1. The molecule has 1 heteroatoms. The third-order valence-corrected chi connectivity index (χ3v) is 3.40. The Balaban J connectivity index is 2.83. The average molecular weight is 259 g/mol. The minimum Gasteiger partial charge on any atom is -0.325 e. The standard InChI is InChI=1S/C18H29N/c1-6-16-7-9-17(10-8-16)13-18(19,11-14(2)3)12-15(4)5/h6-10,14-15H,1,11-13,19H2,2-5H3. The zero-order chi connectivity index (χ0) is 14.5. The Morgan fingerprint density at radius 1 is 1.05 bits per heavy atom. The van der Waals surface area contributed by atoms with Crippen molar-refractivity contribution in [2.75, 3.05) is 0 Å². The molecule has 0 atom stereocenters. The molecule has 0 aliphatic carbocycles. The molecule has 0 fully saturated rings. The van der Waals surface area contributed by atoms with Gasteiger partial charge in [-0.25, -0.2) is 0 Å². The van der Waals surface area contributed by atoms with Gasteiger partial charge in [0.05, 0.1) is 0 Å². The third-order valence-electron chi connectivity index (χ3n) is 3.40. The first-order chi connectivity index (χ1) is 8.84. The first-order valence-electron chi connectivity index (χ1n) is 7.35. The molecule has 0 saturated heterocycles. The van der Waals surface area contributed by atoms with Gasteiger partial charge in [0, 0.05) is 5.54 Å². The molecule has 1 rings (SSSR count). The van der Waals surface area contributed by atoms with E-state index in [1.165, 1.54) is 11.1 Å². The summed E-state index contributed by atoms with van der Waals surface area (Å²) in [5.74, 6) is 1.27. The van der Waals surface area contributed by atoms with E-state index in [1.807, 2.05) is 6.08 Å². The summed E-state index contributed by atoms with van der Waals surface area (Å²) in [5, 5.41) is 0. The van der Waals surface area contributed by atoms with Crippen LogP contribution in [0.3, 0.4) is 0 Å². The summed E-state index contributed by atoms with van der Waals surface area (Å²) < 4.78 is 0. The topological polar surface area (TPSA) is 26.0 Å². The van der Waals surface area contributed by atoms with E-state index >= 15 is 0 Å². The van der Waals surface area contributed by atoms with Crippen molar-refractivity contribution in [1.82, 2.24) is 0 Å². The van der Waals surface area contributed by atoms with E-state index in [4.69, 9.17) is 5.73 Å². The van der Waals surface area contributed by atoms with Crippen molar-refractivity contribution in [2.24, 2.45) is 17.6 Å². The lowest BCUT2D eigenvalue weighted by Gasteiger charge is -2.33. The maximum Gasteiger partial charge on any atom is 0.0199 e. The lowest BCUT2D eigenvalue weighted by atomic mass is 9.78. The van der Waals surface area contributed by atoms with Crippen molar-refractivity contribution in [2.45, 2.75) is 52.5 Å². The van der Waals surface area contributed by atoms with Crippen LogP contribution in [0.1, 0.15) is 51.7 Å². The summed E-state index contributed by atoms with van der Waals surface area (Å²) in [5.41, 5.74) is 9.09. The smallest absolute Gasteiger partial charge is 0.0199 e. The number of hydrogen-bond acceptors (Lipinski definition) is 1. The highest BCUT2D eigenvalue weighted by molar-refractivity contribution is 5.47. The molecule has 1 aromatic rings. The molecule has 1 aromatic carbocycles. The predicted molar refractivity (Wildman–Crippen MR) is 86.1 cm³/mol. The van der Waals surface area contributed by atoms with Crippen LogP contribution in [0, 0.1) is 11.8 Å². The van der Waals surface area contributed by atoms with Gasteiger partial charge >= 0.3 is 0 Å². The zero-order valence-electron chi connectivity index (χ0n) is 12.9. The molecule has 0 amide bonds. The summed E-state index contributed by atoms with van der Waals surface area (Å²) in [6.07, 6.45) is 4.99. The maximum absolute atomic E-state index is 6.68. The summed E-state index contributed by atoms with van der Waals surface area (Å²) in [6.45, 7) is 12.8. The fourth-order valence-corrected chi connectivity index (χ4v) is 3.03. The molecule has 19 heavy (non-hydrogen) atoms. The van der Waals surface area contributed by atoms with E-state index in [1.54, 1.807) is 0 Å². The van der Waals surface area contributed by atoms with Crippen LogP contribution >= 0.6 is 0 Å². The number of nitrogens with two attached hydrogens (primary N) is 1. The molecule has 0 heterocycles. The molecular formula is C18H29N. The normalized spacial score (nSPS) is 12.2. The van der Waals surface area contributed by atoms with Gasteiger partial charge in [-0.3, -0.25) is 0 Å². The van der Waals surface area contributed by atoms with Crippen LogP contribution in [-0.4, -0.2) is 5.54 Å². The van der Waals surface area contributed by atoms with E-state index in [9.17, 15) is 0 Å². The number of rotatable bonds is 7. The lowest BCUT2D eigenvalue weighted by molar-refractivity contribution is 0.282. The second kappa shape index (κ2) is 6.91. The fraction of sp³-hybridized carbons (Fsp3) is 0.556. The third kappa shape index (κ3) is 5.61. The first kappa shape index (κ1) is 16.0. The Hall–Kier alpha value is -1.08. The van der Waals surface area contributed by atoms with Gasteiger partial charge in [-0.1, -0.05) is 64.6 Å². The van der Waals surface area contributed by atoms with Crippen molar-refractivity contribution in [3.05, 3.63) is 42.0 Å². The van der Waals surface area contributed by atoms with E-state index < -0.39 is 0 Å². The van der Waals surface area contributed by atoms with Gasteiger partial charge in [0.1, 0.15) is 0 Å². The van der Waals surface area contributed by atoms with Crippen molar-refractivity contribution in [1.29, 1.82) is 0 Å². The van der Waals surface area contributed by atoms with E-state index in [0.29, 0.717) is 11.8 Å². The molecule has 2 N–H and O–H groups in total. The SMILES string of the molecule is C=Cc1ccc(CC(N)(CC(C)C)CC(C)C)cc1. The summed E-state index contributed by atoms with van der Waals surface area (Å²) >= 11 is 0. The van der Waals surface area contributed by atoms with E-state index in [2.05, 4.69) is 58.5 Å². The van der Waals surface area contributed by atoms with Gasteiger partial charge in [-0.2, -0.15) is 0 Å². The van der Waals surface area contributed by atoms with Crippen LogP contribution in [0.4, 0.5) is 0 Å². The Bertz CT molecular complexity index is 377. The van der Waals surface area contributed by atoms with Gasteiger partial charge in [-0.15, -0.1) is 0 Å². The van der Waals surface area contributed by atoms with Crippen molar-refractivity contribution in [3.63, 3.8) is 0 Å². The highest BCUT2D eigenvalue weighted by atomic mass is 14.7. The summed E-state index contributed by atoms with van der Waals surface area (Å²) in [6, 6.07) is 8.60. The molecule has 106 valence electrons. The molecular weight excluding hydrogens is 230 g/mol. The lowest BCUT2D eigenvalue weighted by Crippen LogP contribution is -2.44. The van der Waals surface area contributed by atoms with Gasteiger partial charge in [0.2, 0.25) is 0 Å². The summed E-state index contributed by atoms with van der Waals surface area (Å²) in [4.78, 5) is 0. The van der Waals surface area contributed by atoms with Gasteiger partial charge in [0.15, 0.2) is 0 Å². The van der Waals surface area contributed by atoms with Crippen LogP contribution in [0.5, 0.6) is 0 Å². The molecule has 1 nitrogen and oxygen atoms in total. The monoisotopic (exact) mass is 259 g/mol. The molecule has 0 aromatic heterocycles. The van der Waals surface area contributed by atoms with Gasteiger partial charge < -0.3 is 5.73 Å². The molecule has 0 radical (unpaired) electrons. The Morgan fingerprint density at radius 3 is 1.89 bits per heavy atom. The molecule has 0 aliphatic rings. The minimum atomic E-state index is -0.0853. The molecule has 0 unspecified atom stereocenters. The van der Waals surface area contributed by atoms with Crippen LogP contribution in [0.2, 0.25) is 0 Å². The highest BCUT2D eigenvalue weighted by Crippen LogP contribution is 2.26. The summed E-state index contributed by atoms with van der Waals surface area (Å²) in [7, 11) is 0. The minimum absolute atomic E-state index is 0.0853. The van der Waals surface area contributed by atoms with Crippen LogP contribution < -0.4 is 5.73 Å². The van der Waals surface area contributed by atoms with E-state index in [-0.39, 0.29) is 5.54 Å². The Morgan fingerprint density at radius 2 is 1.53 bits per heavy atom.